The van der Waals surface area contributed by atoms with Crippen LogP contribution in [0.25, 0.3) is 0 Å². The van der Waals surface area contributed by atoms with Crippen LogP contribution in [-0.4, -0.2) is 18.9 Å². The van der Waals surface area contributed by atoms with Gasteiger partial charge in [-0.1, -0.05) is 19.8 Å². The molecule has 0 heterocycles. The number of ketones is 1. The Bertz CT molecular complexity index is 229. The lowest BCUT2D eigenvalue weighted by Gasteiger charge is -2.37. The van der Waals surface area contributed by atoms with E-state index in [1.165, 1.54) is 7.11 Å². The molecule has 0 aromatic rings. The molecular weight excluding hydrogens is 180 g/mol. The molecule has 80 valence electrons. The predicted octanol–water partition coefficient (Wildman–Crippen LogP) is 2.09. The van der Waals surface area contributed by atoms with E-state index in [0.29, 0.717) is 19.3 Å². The highest BCUT2D eigenvalue weighted by atomic mass is 16.5. The minimum absolute atomic E-state index is 0.0810. The van der Waals surface area contributed by atoms with E-state index < -0.39 is 5.41 Å². The first-order valence-electron chi connectivity index (χ1n) is 5.29. The van der Waals surface area contributed by atoms with E-state index in [9.17, 15) is 9.59 Å². The van der Waals surface area contributed by atoms with Crippen LogP contribution in [0.15, 0.2) is 0 Å². The number of esters is 1. The molecular formula is C11H18O3. The fourth-order valence-corrected chi connectivity index (χ4v) is 1.90. The van der Waals surface area contributed by atoms with Gasteiger partial charge in [-0.2, -0.15) is 0 Å². The van der Waals surface area contributed by atoms with E-state index in [1.54, 1.807) is 0 Å². The van der Waals surface area contributed by atoms with Crippen molar-refractivity contribution in [3.05, 3.63) is 0 Å². The number of hydrogen-bond donors (Lipinski definition) is 0. The first-order valence-corrected chi connectivity index (χ1v) is 5.29. The molecule has 3 nitrogen and oxygen atoms in total. The van der Waals surface area contributed by atoms with Crippen LogP contribution in [0, 0.1) is 5.41 Å². The normalized spacial score (nSPS) is 18.4. The lowest BCUT2D eigenvalue weighted by atomic mass is 9.65. The fraction of sp³-hybridized carbons (Fsp3) is 0.818. The number of hydrogen-bond acceptors (Lipinski definition) is 3. The van der Waals surface area contributed by atoms with E-state index in [-0.39, 0.29) is 11.8 Å². The van der Waals surface area contributed by atoms with Gasteiger partial charge in [-0.05, 0) is 19.3 Å². The van der Waals surface area contributed by atoms with Crippen LogP contribution in [-0.2, 0) is 14.3 Å². The summed E-state index contributed by atoms with van der Waals surface area (Å²) < 4.78 is 4.70. The summed E-state index contributed by atoms with van der Waals surface area (Å²) in [5, 5.41) is 0. The molecule has 0 amide bonds. The van der Waals surface area contributed by atoms with Crippen LogP contribution in [0.4, 0.5) is 0 Å². The topological polar surface area (TPSA) is 43.4 Å². The molecule has 1 fully saturated rings. The Kier molecular flexibility index (Phi) is 3.67. The third-order valence-electron chi connectivity index (χ3n) is 3.07. The molecule has 1 saturated carbocycles. The fourth-order valence-electron chi connectivity index (χ4n) is 1.90. The van der Waals surface area contributed by atoms with Crippen LogP contribution >= 0.6 is 0 Å². The number of rotatable bonds is 5. The molecule has 0 saturated heterocycles. The van der Waals surface area contributed by atoms with Crippen molar-refractivity contribution in [1.82, 2.24) is 0 Å². The second kappa shape index (κ2) is 4.58. The maximum Gasteiger partial charge on any atom is 0.319 e. The zero-order valence-corrected chi connectivity index (χ0v) is 8.97. The highest BCUT2D eigenvalue weighted by molar-refractivity contribution is 6.04. The second-order valence-corrected chi connectivity index (χ2v) is 3.95. The van der Waals surface area contributed by atoms with Gasteiger partial charge in [-0.15, -0.1) is 0 Å². The summed E-state index contributed by atoms with van der Waals surface area (Å²) in [5.41, 5.74) is -0.760. The summed E-state index contributed by atoms with van der Waals surface area (Å²) in [6, 6.07) is 0. The van der Waals surface area contributed by atoms with Crippen molar-refractivity contribution in [2.45, 2.75) is 45.4 Å². The van der Waals surface area contributed by atoms with Gasteiger partial charge in [0.2, 0.25) is 0 Å². The van der Waals surface area contributed by atoms with Crippen molar-refractivity contribution in [3.63, 3.8) is 0 Å². The Labute approximate surface area is 84.8 Å². The van der Waals surface area contributed by atoms with Crippen LogP contribution in [0.3, 0.4) is 0 Å². The number of ether oxygens (including phenoxy) is 1. The maximum atomic E-state index is 11.8. The van der Waals surface area contributed by atoms with Gasteiger partial charge in [0.25, 0.3) is 0 Å². The highest BCUT2D eigenvalue weighted by Gasteiger charge is 2.50. The molecule has 0 aliphatic heterocycles. The van der Waals surface area contributed by atoms with Crippen molar-refractivity contribution in [2.24, 2.45) is 5.41 Å². The number of carbonyl (C=O) groups is 2. The van der Waals surface area contributed by atoms with Crippen LogP contribution in [0.5, 0.6) is 0 Å². The molecule has 0 aromatic carbocycles. The smallest absolute Gasteiger partial charge is 0.319 e. The standard InChI is InChI=1S/C11H18O3/c1-3-4-6-9(12)11(7-5-8-11)10(13)14-2/h3-8H2,1-2H3. The van der Waals surface area contributed by atoms with E-state index in [1.807, 2.05) is 6.92 Å². The molecule has 14 heavy (non-hydrogen) atoms. The van der Waals surface area contributed by atoms with Crippen molar-refractivity contribution in [1.29, 1.82) is 0 Å². The molecule has 0 radical (unpaired) electrons. The van der Waals surface area contributed by atoms with Crippen molar-refractivity contribution >= 4 is 11.8 Å². The zero-order chi connectivity index (χ0) is 10.6. The second-order valence-electron chi connectivity index (χ2n) is 3.95. The van der Waals surface area contributed by atoms with Gasteiger partial charge in [0.15, 0.2) is 0 Å². The zero-order valence-electron chi connectivity index (χ0n) is 8.97. The minimum atomic E-state index is -0.760. The number of carbonyl (C=O) groups excluding carboxylic acids is 2. The summed E-state index contributed by atoms with van der Waals surface area (Å²) in [7, 11) is 1.36. The molecule has 1 aliphatic carbocycles. The Morgan fingerprint density at radius 3 is 2.36 bits per heavy atom. The molecule has 1 rings (SSSR count). The minimum Gasteiger partial charge on any atom is -0.468 e. The largest absolute Gasteiger partial charge is 0.468 e. The van der Waals surface area contributed by atoms with E-state index in [0.717, 1.165) is 19.3 Å². The summed E-state index contributed by atoms with van der Waals surface area (Å²) in [4.78, 5) is 23.3. The SMILES string of the molecule is CCCCC(=O)C1(C(=O)OC)CCC1. The van der Waals surface area contributed by atoms with Crippen molar-refractivity contribution in [2.75, 3.05) is 7.11 Å². The van der Waals surface area contributed by atoms with Gasteiger partial charge < -0.3 is 4.74 Å². The molecule has 0 spiro atoms. The molecule has 0 aromatic heterocycles. The quantitative estimate of drug-likeness (QED) is 0.502. The Hall–Kier alpha value is -0.860. The number of methoxy groups -OCH3 is 1. The Balaban J connectivity index is 2.60. The molecule has 3 heteroatoms. The third kappa shape index (κ3) is 1.81. The maximum absolute atomic E-state index is 11.8. The third-order valence-corrected chi connectivity index (χ3v) is 3.07. The lowest BCUT2D eigenvalue weighted by Crippen LogP contribution is -2.45. The van der Waals surface area contributed by atoms with Gasteiger partial charge >= 0.3 is 5.97 Å². The highest BCUT2D eigenvalue weighted by Crippen LogP contribution is 2.43. The lowest BCUT2D eigenvalue weighted by molar-refractivity contribution is -0.164. The van der Waals surface area contributed by atoms with Crippen molar-refractivity contribution < 1.29 is 14.3 Å². The molecule has 0 atom stereocenters. The predicted molar refractivity (Wildman–Crippen MR) is 52.8 cm³/mol. The van der Waals surface area contributed by atoms with Gasteiger partial charge in [-0.25, -0.2) is 0 Å². The first-order chi connectivity index (χ1) is 6.67. The van der Waals surface area contributed by atoms with Gasteiger partial charge in [0.1, 0.15) is 11.2 Å². The van der Waals surface area contributed by atoms with Gasteiger partial charge in [0, 0.05) is 6.42 Å². The molecule has 0 N–H and O–H groups in total. The van der Waals surface area contributed by atoms with Gasteiger partial charge in [-0.3, -0.25) is 9.59 Å². The first kappa shape index (κ1) is 11.2. The van der Waals surface area contributed by atoms with Crippen LogP contribution in [0.2, 0.25) is 0 Å². The van der Waals surface area contributed by atoms with E-state index in [2.05, 4.69) is 0 Å². The summed E-state index contributed by atoms with van der Waals surface area (Å²) >= 11 is 0. The average molecular weight is 198 g/mol. The number of unbranched alkanes of at least 4 members (excludes halogenated alkanes) is 1. The monoisotopic (exact) mass is 198 g/mol. The molecule has 0 unspecified atom stereocenters. The summed E-state index contributed by atoms with van der Waals surface area (Å²) in [5.74, 6) is -0.248. The molecule has 0 bridgehead atoms. The van der Waals surface area contributed by atoms with E-state index >= 15 is 0 Å². The summed E-state index contributed by atoms with van der Waals surface area (Å²) in [6.45, 7) is 2.04. The molecule has 1 aliphatic rings. The average Bonchev–Trinajstić information content (AvgIpc) is 2.12. The Morgan fingerprint density at radius 2 is 2.00 bits per heavy atom. The van der Waals surface area contributed by atoms with Crippen molar-refractivity contribution in [3.8, 4) is 0 Å². The van der Waals surface area contributed by atoms with Crippen LogP contribution < -0.4 is 0 Å². The van der Waals surface area contributed by atoms with Crippen LogP contribution in [0.1, 0.15) is 45.4 Å². The van der Waals surface area contributed by atoms with E-state index in [4.69, 9.17) is 4.74 Å². The Morgan fingerprint density at radius 1 is 1.36 bits per heavy atom. The summed E-state index contributed by atoms with van der Waals surface area (Å²) in [6.07, 6.45) is 4.71. The van der Waals surface area contributed by atoms with Gasteiger partial charge in [0.05, 0.1) is 7.11 Å². The number of Topliss-reactive ketones (excluding diaryl/α,β-unsaturated/α-hetero) is 1.